The molecule has 2 amide bonds. The molecule has 4 bridgehead atoms. The van der Waals surface area contributed by atoms with Crippen molar-refractivity contribution in [2.24, 2.45) is 17.8 Å². The molecule has 0 saturated heterocycles. The second-order valence-electron chi connectivity index (χ2n) is 6.87. The normalized spacial score (nSPS) is 39.4. The molecule has 4 aliphatic carbocycles. The summed E-state index contributed by atoms with van der Waals surface area (Å²) in [4.78, 5) is 22.8. The summed E-state index contributed by atoms with van der Waals surface area (Å²) in [5.41, 5.74) is -0.142. The maximum Gasteiger partial charge on any atom is 0.328 e. The molecule has 0 aliphatic heterocycles. The van der Waals surface area contributed by atoms with E-state index >= 15 is 0 Å². The number of hydrogen-bond acceptors (Lipinski definition) is 3. The van der Waals surface area contributed by atoms with Gasteiger partial charge in [0, 0.05) is 5.54 Å². The van der Waals surface area contributed by atoms with E-state index in [1.54, 1.807) is 0 Å². The first-order chi connectivity index (χ1) is 9.49. The van der Waals surface area contributed by atoms with Crippen molar-refractivity contribution in [2.45, 2.75) is 50.1 Å². The lowest BCUT2D eigenvalue weighted by molar-refractivity contribution is -0.140. The number of aliphatic hydroxyl groups excluding tert-OH is 1. The zero-order valence-corrected chi connectivity index (χ0v) is 11.5. The molecule has 0 aromatic heterocycles. The van der Waals surface area contributed by atoms with Crippen LogP contribution in [0.2, 0.25) is 0 Å². The highest BCUT2D eigenvalue weighted by Crippen LogP contribution is 2.55. The van der Waals surface area contributed by atoms with Crippen molar-refractivity contribution in [2.75, 3.05) is 6.61 Å². The number of carbonyl (C=O) groups excluding carboxylic acids is 1. The van der Waals surface area contributed by atoms with Crippen molar-refractivity contribution in [3.63, 3.8) is 0 Å². The van der Waals surface area contributed by atoms with Crippen LogP contribution in [0.15, 0.2) is 0 Å². The summed E-state index contributed by atoms with van der Waals surface area (Å²) in [5.74, 6) is 0.937. The molecule has 0 unspecified atom stereocenters. The van der Waals surface area contributed by atoms with E-state index in [-0.39, 0.29) is 5.54 Å². The minimum Gasteiger partial charge on any atom is -0.480 e. The minimum atomic E-state index is -1.23. The quantitative estimate of drug-likeness (QED) is 0.610. The van der Waals surface area contributed by atoms with Crippen LogP contribution in [0.5, 0.6) is 0 Å². The van der Waals surface area contributed by atoms with Gasteiger partial charge in [-0.15, -0.1) is 0 Å². The SMILES string of the molecule is O=C(N[C@@H](CO)C(=O)O)NC12CC3CC(CC(C3)C1)C2. The van der Waals surface area contributed by atoms with E-state index in [9.17, 15) is 9.59 Å². The highest BCUT2D eigenvalue weighted by Gasteiger charge is 2.51. The van der Waals surface area contributed by atoms with Crippen LogP contribution < -0.4 is 10.6 Å². The molecule has 4 N–H and O–H groups in total. The fourth-order valence-electron chi connectivity index (χ4n) is 4.88. The first-order valence-electron chi connectivity index (χ1n) is 7.42. The first kappa shape index (κ1) is 13.7. The third kappa shape index (κ3) is 2.49. The third-order valence-corrected chi connectivity index (χ3v) is 5.20. The van der Waals surface area contributed by atoms with Crippen LogP contribution in [0.25, 0.3) is 0 Å². The highest BCUT2D eigenvalue weighted by molar-refractivity contribution is 5.83. The summed E-state index contributed by atoms with van der Waals surface area (Å²) in [6.07, 6.45) is 6.92. The second-order valence-corrected chi connectivity index (χ2v) is 6.87. The van der Waals surface area contributed by atoms with Gasteiger partial charge in [-0.2, -0.15) is 0 Å². The Balaban J connectivity index is 1.62. The van der Waals surface area contributed by atoms with Crippen molar-refractivity contribution in [3.05, 3.63) is 0 Å². The van der Waals surface area contributed by atoms with Crippen molar-refractivity contribution in [1.29, 1.82) is 0 Å². The largest absolute Gasteiger partial charge is 0.480 e. The molecule has 6 heteroatoms. The predicted molar refractivity (Wildman–Crippen MR) is 71.1 cm³/mol. The van der Waals surface area contributed by atoms with E-state index in [0.29, 0.717) is 0 Å². The van der Waals surface area contributed by atoms with E-state index in [1.807, 2.05) is 0 Å². The van der Waals surface area contributed by atoms with Gasteiger partial charge in [0.25, 0.3) is 0 Å². The fourth-order valence-corrected chi connectivity index (χ4v) is 4.88. The average Bonchev–Trinajstić information content (AvgIpc) is 2.33. The lowest BCUT2D eigenvalue weighted by Crippen LogP contribution is -2.62. The van der Waals surface area contributed by atoms with E-state index in [0.717, 1.165) is 37.0 Å². The number of amides is 2. The smallest absolute Gasteiger partial charge is 0.328 e. The van der Waals surface area contributed by atoms with Gasteiger partial charge in [0.1, 0.15) is 0 Å². The average molecular weight is 282 g/mol. The van der Waals surface area contributed by atoms with Crippen LogP contribution >= 0.6 is 0 Å². The van der Waals surface area contributed by atoms with Crippen molar-refractivity contribution < 1.29 is 19.8 Å². The maximum atomic E-state index is 12.0. The Morgan fingerprint density at radius 3 is 2.00 bits per heavy atom. The zero-order valence-electron chi connectivity index (χ0n) is 11.5. The molecule has 0 aromatic rings. The van der Waals surface area contributed by atoms with E-state index in [4.69, 9.17) is 10.2 Å². The highest BCUT2D eigenvalue weighted by atomic mass is 16.4. The van der Waals surface area contributed by atoms with Crippen LogP contribution in [-0.4, -0.2) is 40.4 Å². The molecule has 20 heavy (non-hydrogen) atoms. The molecule has 0 aromatic carbocycles. The van der Waals surface area contributed by atoms with Crippen LogP contribution in [0.1, 0.15) is 38.5 Å². The molecule has 0 spiro atoms. The molecule has 4 fully saturated rings. The molecule has 4 aliphatic rings. The predicted octanol–water partition coefficient (Wildman–Crippen LogP) is 0.700. The fraction of sp³-hybridized carbons (Fsp3) is 0.857. The number of rotatable bonds is 4. The number of hydrogen-bond donors (Lipinski definition) is 4. The van der Waals surface area contributed by atoms with Crippen LogP contribution in [0, 0.1) is 17.8 Å². The van der Waals surface area contributed by atoms with Gasteiger partial charge in [-0.3, -0.25) is 0 Å². The number of urea groups is 1. The summed E-state index contributed by atoms with van der Waals surface area (Å²) in [6, 6.07) is -1.70. The van der Waals surface area contributed by atoms with Gasteiger partial charge in [0.2, 0.25) is 0 Å². The van der Waals surface area contributed by atoms with Crippen molar-refractivity contribution in [1.82, 2.24) is 10.6 Å². The van der Waals surface area contributed by atoms with Gasteiger partial charge in [-0.05, 0) is 56.3 Å². The minimum absolute atomic E-state index is 0.142. The number of carbonyl (C=O) groups is 2. The van der Waals surface area contributed by atoms with Crippen molar-refractivity contribution in [3.8, 4) is 0 Å². The Labute approximate surface area is 117 Å². The van der Waals surface area contributed by atoms with Crippen LogP contribution in [0.4, 0.5) is 4.79 Å². The Bertz CT molecular complexity index is 388. The Kier molecular flexibility index (Phi) is 3.36. The summed E-state index contributed by atoms with van der Waals surface area (Å²) < 4.78 is 0. The topological polar surface area (TPSA) is 98.7 Å². The van der Waals surface area contributed by atoms with Gasteiger partial charge in [-0.25, -0.2) is 9.59 Å². The van der Waals surface area contributed by atoms with Gasteiger partial charge in [0.05, 0.1) is 6.61 Å². The maximum absolute atomic E-state index is 12.0. The molecule has 112 valence electrons. The molecular weight excluding hydrogens is 260 g/mol. The van der Waals surface area contributed by atoms with E-state index in [2.05, 4.69) is 10.6 Å². The molecule has 4 rings (SSSR count). The number of carboxylic acids is 1. The summed E-state index contributed by atoms with van der Waals surface area (Å²) in [7, 11) is 0. The summed E-state index contributed by atoms with van der Waals surface area (Å²) in [6.45, 7) is -0.594. The van der Waals surface area contributed by atoms with Crippen LogP contribution in [-0.2, 0) is 4.79 Å². The first-order valence-corrected chi connectivity index (χ1v) is 7.42. The van der Waals surface area contributed by atoms with Gasteiger partial charge < -0.3 is 20.8 Å². The summed E-state index contributed by atoms with van der Waals surface area (Å²) >= 11 is 0. The second kappa shape index (κ2) is 4.91. The van der Waals surface area contributed by atoms with Crippen LogP contribution in [0.3, 0.4) is 0 Å². The molecule has 0 heterocycles. The number of carboxylic acid groups (broad SMARTS) is 1. The standard InChI is InChI=1S/C14H22N2O4/c17-7-11(12(18)19)15-13(20)16-14-4-8-1-9(5-14)3-10(2-8)6-14/h8-11,17H,1-7H2,(H,18,19)(H2,15,16,20)/t8?,9?,10?,11-,14?/m0/s1. The summed E-state index contributed by atoms with van der Waals surface area (Å²) in [5, 5.41) is 23.2. The van der Waals surface area contributed by atoms with Crippen molar-refractivity contribution >= 4 is 12.0 Å². The Hall–Kier alpha value is -1.30. The van der Waals surface area contributed by atoms with Gasteiger partial charge in [-0.1, -0.05) is 0 Å². The Morgan fingerprint density at radius 2 is 1.60 bits per heavy atom. The van der Waals surface area contributed by atoms with Gasteiger partial charge in [0.15, 0.2) is 6.04 Å². The zero-order chi connectivity index (χ0) is 14.3. The van der Waals surface area contributed by atoms with Gasteiger partial charge >= 0.3 is 12.0 Å². The third-order valence-electron chi connectivity index (χ3n) is 5.20. The number of aliphatic carboxylic acids is 1. The lowest BCUT2D eigenvalue weighted by Gasteiger charge is -2.56. The number of aliphatic hydroxyl groups is 1. The van der Waals surface area contributed by atoms with E-state index < -0.39 is 24.6 Å². The number of nitrogens with one attached hydrogen (secondary N) is 2. The molecule has 6 nitrogen and oxygen atoms in total. The lowest BCUT2D eigenvalue weighted by atomic mass is 9.53. The molecule has 4 saturated carbocycles. The Morgan fingerprint density at radius 1 is 1.10 bits per heavy atom. The molecular formula is C14H22N2O4. The molecule has 0 radical (unpaired) electrons. The van der Waals surface area contributed by atoms with E-state index in [1.165, 1.54) is 19.3 Å². The monoisotopic (exact) mass is 282 g/mol. The molecule has 1 atom stereocenters.